The molecule has 1 spiro atoms. The van der Waals surface area contributed by atoms with Crippen LogP contribution in [0.25, 0.3) is 0 Å². The summed E-state index contributed by atoms with van der Waals surface area (Å²) < 4.78 is 0. The molecule has 4 rings (SSSR count). The van der Waals surface area contributed by atoms with Crippen molar-refractivity contribution in [1.82, 2.24) is 4.90 Å². The van der Waals surface area contributed by atoms with E-state index in [2.05, 4.69) is 4.99 Å². The maximum absolute atomic E-state index is 12.4. The van der Waals surface area contributed by atoms with Crippen molar-refractivity contribution in [2.45, 2.75) is 24.8 Å². The third-order valence-electron chi connectivity index (χ3n) is 4.19. The van der Waals surface area contributed by atoms with Gasteiger partial charge in [-0.3, -0.25) is 9.59 Å². The van der Waals surface area contributed by atoms with Crippen molar-refractivity contribution in [1.29, 1.82) is 0 Å². The number of ketones is 1. The van der Waals surface area contributed by atoms with Gasteiger partial charge in [0.15, 0.2) is 5.84 Å². The number of allylic oxidation sites excluding steroid dienone is 1. The second-order valence-electron chi connectivity index (χ2n) is 5.28. The first-order valence-electron chi connectivity index (χ1n) is 6.40. The minimum absolute atomic E-state index is 0.0660. The molecule has 2 heterocycles. The Kier molecular flexibility index (Phi) is 1.91. The van der Waals surface area contributed by atoms with Crippen LogP contribution in [0.2, 0.25) is 0 Å². The fraction of sp³-hybridized carbons (Fsp3) is 0.267. The maximum Gasteiger partial charge on any atom is 0.274 e. The topological polar surface area (TPSA) is 49.7 Å². The molecular formula is C15H12N2O2. The maximum atomic E-state index is 12.4. The van der Waals surface area contributed by atoms with Gasteiger partial charge < -0.3 is 4.90 Å². The predicted octanol–water partition coefficient (Wildman–Crippen LogP) is 1.25. The molecule has 0 aromatic heterocycles. The molecule has 0 saturated carbocycles. The molecule has 1 amide bonds. The minimum Gasteiger partial charge on any atom is -0.314 e. The van der Waals surface area contributed by atoms with E-state index in [0.29, 0.717) is 25.1 Å². The van der Waals surface area contributed by atoms with Crippen LogP contribution in [0.4, 0.5) is 0 Å². The zero-order chi connectivity index (χ0) is 13.0. The van der Waals surface area contributed by atoms with Crippen LogP contribution in [0.15, 0.2) is 41.5 Å². The minimum atomic E-state index is -0.689. The number of rotatable bonds is 0. The molecule has 0 fully saturated rings. The summed E-state index contributed by atoms with van der Waals surface area (Å²) in [5.41, 5.74) is 1.67. The Hall–Kier alpha value is -2.23. The summed E-state index contributed by atoms with van der Waals surface area (Å²) in [4.78, 5) is 30.0. The van der Waals surface area contributed by atoms with Crippen LogP contribution in [-0.2, 0) is 22.4 Å². The van der Waals surface area contributed by atoms with Gasteiger partial charge in [-0.15, -0.1) is 0 Å². The summed E-state index contributed by atoms with van der Waals surface area (Å²) in [7, 11) is 0. The number of nitrogens with zero attached hydrogens (tertiary/aromatic N) is 2. The summed E-state index contributed by atoms with van der Waals surface area (Å²) >= 11 is 0. The van der Waals surface area contributed by atoms with Gasteiger partial charge in [-0.05, 0) is 11.1 Å². The van der Waals surface area contributed by atoms with Crippen molar-refractivity contribution in [3.8, 4) is 0 Å². The lowest BCUT2D eigenvalue weighted by Crippen LogP contribution is -2.52. The van der Waals surface area contributed by atoms with Crippen molar-refractivity contribution in [3.05, 3.63) is 47.7 Å². The highest BCUT2D eigenvalue weighted by atomic mass is 16.2. The number of fused-ring (bicyclic) bond motifs is 3. The van der Waals surface area contributed by atoms with E-state index < -0.39 is 5.54 Å². The van der Waals surface area contributed by atoms with Gasteiger partial charge in [0.1, 0.15) is 5.54 Å². The van der Waals surface area contributed by atoms with E-state index in [0.717, 1.165) is 0 Å². The fourth-order valence-corrected chi connectivity index (χ4v) is 3.24. The van der Waals surface area contributed by atoms with E-state index in [9.17, 15) is 9.59 Å². The van der Waals surface area contributed by atoms with E-state index in [4.69, 9.17) is 0 Å². The molecule has 1 aromatic carbocycles. The quantitative estimate of drug-likeness (QED) is 0.698. The summed E-state index contributed by atoms with van der Waals surface area (Å²) in [5, 5.41) is 0. The third-order valence-corrected chi connectivity index (χ3v) is 4.19. The number of carbonyl (C=O) groups is 2. The largest absolute Gasteiger partial charge is 0.314 e. The number of carbonyl (C=O) groups excluding carboxylic acids is 2. The first-order valence-corrected chi connectivity index (χ1v) is 6.40. The van der Waals surface area contributed by atoms with Gasteiger partial charge in [0.05, 0.1) is 0 Å². The standard InChI is InChI=1S/C15H12N2O2/c18-12-6-3-7-17-13(12)16-14(19)15(17)8-10-4-1-2-5-11(10)9-15/h1-5,7H,6,8-9H2. The Bertz CT molecular complexity index is 647. The highest BCUT2D eigenvalue weighted by molar-refractivity contribution is 6.43. The molecule has 0 saturated heterocycles. The molecule has 0 unspecified atom stereocenters. The average Bonchev–Trinajstić information content (AvgIpc) is 2.92. The summed E-state index contributed by atoms with van der Waals surface area (Å²) in [6.07, 6.45) is 5.26. The molecule has 0 bridgehead atoms. The van der Waals surface area contributed by atoms with Crippen LogP contribution < -0.4 is 0 Å². The van der Waals surface area contributed by atoms with E-state index in [1.165, 1.54) is 11.1 Å². The average molecular weight is 252 g/mol. The van der Waals surface area contributed by atoms with Gasteiger partial charge in [-0.2, -0.15) is 4.99 Å². The highest BCUT2D eigenvalue weighted by Crippen LogP contribution is 2.40. The van der Waals surface area contributed by atoms with Crippen LogP contribution >= 0.6 is 0 Å². The molecule has 19 heavy (non-hydrogen) atoms. The van der Waals surface area contributed by atoms with Crippen molar-refractivity contribution < 1.29 is 9.59 Å². The van der Waals surface area contributed by atoms with Crippen molar-refractivity contribution in [3.63, 3.8) is 0 Å². The smallest absolute Gasteiger partial charge is 0.274 e. The SMILES string of the molecule is O=C1CC=CN2C1=NC(=O)C21Cc2ccccc2C1. The molecule has 0 N–H and O–H groups in total. The third kappa shape index (κ3) is 1.26. The van der Waals surface area contributed by atoms with Crippen LogP contribution in [-0.4, -0.2) is 28.0 Å². The Balaban J connectivity index is 1.82. The Labute approximate surface area is 110 Å². The van der Waals surface area contributed by atoms with Gasteiger partial charge in [0.2, 0.25) is 5.78 Å². The van der Waals surface area contributed by atoms with Crippen LogP contribution in [0.3, 0.4) is 0 Å². The Morgan fingerprint density at radius 2 is 1.79 bits per heavy atom. The fourth-order valence-electron chi connectivity index (χ4n) is 3.24. The van der Waals surface area contributed by atoms with Crippen LogP contribution in [0.1, 0.15) is 17.5 Å². The molecule has 3 aliphatic rings. The molecular weight excluding hydrogens is 240 g/mol. The summed E-state index contributed by atoms with van der Waals surface area (Å²) in [6, 6.07) is 8.06. The van der Waals surface area contributed by atoms with Crippen LogP contribution in [0.5, 0.6) is 0 Å². The first kappa shape index (κ1) is 10.7. The van der Waals surface area contributed by atoms with Crippen molar-refractivity contribution >= 4 is 17.5 Å². The second-order valence-corrected chi connectivity index (χ2v) is 5.28. The molecule has 0 atom stereocenters. The van der Waals surface area contributed by atoms with Crippen molar-refractivity contribution in [2.24, 2.45) is 4.99 Å². The van der Waals surface area contributed by atoms with E-state index in [1.807, 2.05) is 36.5 Å². The zero-order valence-corrected chi connectivity index (χ0v) is 10.3. The molecule has 1 aromatic rings. The Morgan fingerprint density at radius 3 is 2.47 bits per heavy atom. The second kappa shape index (κ2) is 3.41. The van der Waals surface area contributed by atoms with E-state index in [-0.39, 0.29) is 11.7 Å². The first-order chi connectivity index (χ1) is 9.21. The number of amidine groups is 1. The van der Waals surface area contributed by atoms with Gasteiger partial charge in [0, 0.05) is 25.5 Å². The molecule has 2 aliphatic heterocycles. The summed E-state index contributed by atoms with van der Waals surface area (Å²) in [6.45, 7) is 0. The number of aliphatic imine (C=N–C) groups is 1. The number of amides is 1. The summed E-state index contributed by atoms with van der Waals surface area (Å²) in [5.74, 6) is 0.0718. The predicted molar refractivity (Wildman–Crippen MR) is 69.6 cm³/mol. The van der Waals surface area contributed by atoms with Crippen molar-refractivity contribution in [2.75, 3.05) is 0 Å². The number of hydrogen-bond donors (Lipinski definition) is 0. The molecule has 4 heteroatoms. The monoisotopic (exact) mass is 252 g/mol. The number of hydrogen-bond acceptors (Lipinski definition) is 3. The van der Waals surface area contributed by atoms with Crippen LogP contribution in [0, 0.1) is 0 Å². The Morgan fingerprint density at radius 1 is 1.11 bits per heavy atom. The van der Waals surface area contributed by atoms with E-state index >= 15 is 0 Å². The lowest BCUT2D eigenvalue weighted by Gasteiger charge is -2.33. The molecule has 94 valence electrons. The van der Waals surface area contributed by atoms with Gasteiger partial charge >= 0.3 is 0 Å². The van der Waals surface area contributed by atoms with E-state index in [1.54, 1.807) is 4.90 Å². The number of benzene rings is 1. The number of Topliss-reactive ketones (excluding diaryl/α,β-unsaturated/α-hetero) is 1. The normalized spacial score (nSPS) is 22.7. The molecule has 4 nitrogen and oxygen atoms in total. The molecule has 0 radical (unpaired) electrons. The van der Waals surface area contributed by atoms with Gasteiger partial charge in [0.25, 0.3) is 5.91 Å². The highest BCUT2D eigenvalue weighted by Gasteiger charge is 2.54. The zero-order valence-electron chi connectivity index (χ0n) is 10.3. The van der Waals surface area contributed by atoms with Gasteiger partial charge in [-0.1, -0.05) is 30.3 Å². The molecule has 1 aliphatic carbocycles. The lowest BCUT2D eigenvalue weighted by molar-refractivity contribution is -0.124. The van der Waals surface area contributed by atoms with Gasteiger partial charge in [-0.25, -0.2) is 0 Å². The lowest BCUT2D eigenvalue weighted by atomic mass is 9.93.